The SMILES string of the molecule is CC(C)=CCN(C)CC1CCCNC1. The zero-order valence-corrected chi connectivity index (χ0v) is 9.84. The number of likely N-dealkylation sites (N-methyl/N-ethyl adjacent to an activating group) is 1. The van der Waals surface area contributed by atoms with E-state index in [-0.39, 0.29) is 0 Å². The molecule has 0 spiro atoms. The quantitative estimate of drug-likeness (QED) is 0.691. The van der Waals surface area contributed by atoms with E-state index >= 15 is 0 Å². The second-order valence-electron chi connectivity index (χ2n) is 4.72. The zero-order chi connectivity index (χ0) is 10.4. The summed E-state index contributed by atoms with van der Waals surface area (Å²) >= 11 is 0. The molecule has 1 N–H and O–H groups in total. The molecule has 0 amide bonds. The first-order chi connectivity index (χ1) is 6.68. The van der Waals surface area contributed by atoms with Crippen molar-refractivity contribution < 1.29 is 0 Å². The summed E-state index contributed by atoms with van der Waals surface area (Å²) in [6.45, 7) is 9.08. The van der Waals surface area contributed by atoms with Crippen LogP contribution in [0.4, 0.5) is 0 Å². The van der Waals surface area contributed by atoms with Gasteiger partial charge in [-0.05, 0) is 52.7 Å². The van der Waals surface area contributed by atoms with Crippen LogP contribution in [0.15, 0.2) is 11.6 Å². The van der Waals surface area contributed by atoms with Gasteiger partial charge in [0.2, 0.25) is 0 Å². The number of piperidine rings is 1. The Morgan fingerprint density at radius 2 is 2.29 bits per heavy atom. The van der Waals surface area contributed by atoms with E-state index in [2.05, 4.69) is 37.2 Å². The van der Waals surface area contributed by atoms with Crippen LogP contribution in [0.3, 0.4) is 0 Å². The van der Waals surface area contributed by atoms with Crippen molar-refractivity contribution in [2.75, 3.05) is 33.2 Å². The van der Waals surface area contributed by atoms with Crippen molar-refractivity contribution in [3.8, 4) is 0 Å². The Kier molecular flexibility index (Phi) is 5.20. The van der Waals surface area contributed by atoms with Crippen LogP contribution >= 0.6 is 0 Å². The summed E-state index contributed by atoms with van der Waals surface area (Å²) in [6.07, 6.45) is 5.05. The van der Waals surface area contributed by atoms with E-state index in [1.165, 1.54) is 38.0 Å². The molecule has 1 aliphatic rings. The van der Waals surface area contributed by atoms with Gasteiger partial charge in [-0.3, -0.25) is 0 Å². The average Bonchev–Trinajstić information content (AvgIpc) is 2.16. The van der Waals surface area contributed by atoms with E-state index in [1.807, 2.05) is 0 Å². The number of hydrogen-bond donors (Lipinski definition) is 1. The maximum Gasteiger partial charge on any atom is 0.0162 e. The van der Waals surface area contributed by atoms with Gasteiger partial charge in [0.1, 0.15) is 0 Å². The molecule has 1 rings (SSSR count). The average molecular weight is 196 g/mol. The third-order valence-electron chi connectivity index (χ3n) is 2.78. The zero-order valence-electron chi connectivity index (χ0n) is 9.84. The summed E-state index contributed by atoms with van der Waals surface area (Å²) in [6, 6.07) is 0. The number of nitrogens with zero attached hydrogens (tertiary/aromatic N) is 1. The molecule has 2 nitrogen and oxygen atoms in total. The summed E-state index contributed by atoms with van der Waals surface area (Å²) < 4.78 is 0. The predicted octanol–water partition coefficient (Wildman–Crippen LogP) is 1.88. The molecule has 0 radical (unpaired) electrons. The van der Waals surface area contributed by atoms with Gasteiger partial charge in [-0.1, -0.05) is 11.6 Å². The molecule has 2 heteroatoms. The summed E-state index contributed by atoms with van der Waals surface area (Å²) in [5.41, 5.74) is 1.42. The van der Waals surface area contributed by atoms with E-state index < -0.39 is 0 Å². The lowest BCUT2D eigenvalue weighted by Crippen LogP contribution is -2.36. The van der Waals surface area contributed by atoms with Crippen LogP contribution in [-0.2, 0) is 0 Å². The highest BCUT2D eigenvalue weighted by Crippen LogP contribution is 2.10. The number of hydrogen-bond acceptors (Lipinski definition) is 2. The maximum atomic E-state index is 3.46. The highest BCUT2D eigenvalue weighted by molar-refractivity contribution is 4.94. The molecule has 0 aromatic heterocycles. The molecule has 0 aromatic carbocycles. The summed E-state index contributed by atoms with van der Waals surface area (Å²) in [7, 11) is 2.22. The van der Waals surface area contributed by atoms with Crippen molar-refractivity contribution in [3.05, 3.63) is 11.6 Å². The molecule has 0 bridgehead atoms. The Morgan fingerprint density at radius 3 is 2.86 bits per heavy atom. The summed E-state index contributed by atoms with van der Waals surface area (Å²) in [5.74, 6) is 0.860. The largest absolute Gasteiger partial charge is 0.316 e. The van der Waals surface area contributed by atoms with Crippen molar-refractivity contribution >= 4 is 0 Å². The fraction of sp³-hybridized carbons (Fsp3) is 0.833. The highest BCUT2D eigenvalue weighted by atomic mass is 15.1. The van der Waals surface area contributed by atoms with Crippen molar-refractivity contribution in [1.29, 1.82) is 0 Å². The third kappa shape index (κ3) is 4.77. The normalized spacial score (nSPS) is 22.4. The van der Waals surface area contributed by atoms with Crippen LogP contribution in [0.1, 0.15) is 26.7 Å². The van der Waals surface area contributed by atoms with Crippen LogP contribution in [0, 0.1) is 5.92 Å². The molecule has 1 atom stereocenters. The van der Waals surface area contributed by atoms with Gasteiger partial charge in [-0.2, -0.15) is 0 Å². The first-order valence-electron chi connectivity index (χ1n) is 5.71. The number of rotatable bonds is 4. The molecular formula is C12H24N2. The Bertz CT molecular complexity index is 177. The Balaban J connectivity index is 2.18. The number of allylic oxidation sites excluding steroid dienone is 1. The summed E-state index contributed by atoms with van der Waals surface area (Å²) in [4.78, 5) is 2.42. The molecular weight excluding hydrogens is 172 g/mol. The van der Waals surface area contributed by atoms with E-state index in [1.54, 1.807) is 0 Å². The minimum absolute atomic E-state index is 0.860. The highest BCUT2D eigenvalue weighted by Gasteiger charge is 2.13. The van der Waals surface area contributed by atoms with E-state index in [4.69, 9.17) is 0 Å². The van der Waals surface area contributed by atoms with Gasteiger partial charge in [-0.15, -0.1) is 0 Å². The van der Waals surface area contributed by atoms with Crippen molar-refractivity contribution in [2.45, 2.75) is 26.7 Å². The first-order valence-corrected chi connectivity index (χ1v) is 5.71. The van der Waals surface area contributed by atoms with Gasteiger partial charge in [0.15, 0.2) is 0 Å². The molecule has 1 unspecified atom stereocenters. The molecule has 1 fully saturated rings. The lowest BCUT2D eigenvalue weighted by Gasteiger charge is -2.27. The standard InChI is InChI=1S/C12H24N2/c1-11(2)6-8-14(3)10-12-5-4-7-13-9-12/h6,12-13H,4-5,7-10H2,1-3H3. The fourth-order valence-electron chi connectivity index (χ4n) is 1.93. The molecule has 82 valence electrons. The maximum absolute atomic E-state index is 3.46. The predicted molar refractivity (Wildman–Crippen MR) is 62.5 cm³/mol. The van der Waals surface area contributed by atoms with Gasteiger partial charge in [0.25, 0.3) is 0 Å². The Labute approximate surface area is 88.4 Å². The molecule has 1 saturated heterocycles. The van der Waals surface area contributed by atoms with E-state index in [0.717, 1.165) is 12.5 Å². The van der Waals surface area contributed by atoms with Gasteiger partial charge in [0, 0.05) is 13.1 Å². The summed E-state index contributed by atoms with van der Waals surface area (Å²) in [5, 5.41) is 3.46. The second-order valence-corrected chi connectivity index (χ2v) is 4.72. The lowest BCUT2D eigenvalue weighted by molar-refractivity contribution is 0.259. The van der Waals surface area contributed by atoms with Crippen LogP contribution in [0.2, 0.25) is 0 Å². The van der Waals surface area contributed by atoms with Gasteiger partial charge in [-0.25, -0.2) is 0 Å². The number of nitrogens with one attached hydrogen (secondary N) is 1. The fourth-order valence-corrected chi connectivity index (χ4v) is 1.93. The van der Waals surface area contributed by atoms with Crippen LogP contribution in [-0.4, -0.2) is 38.1 Å². The van der Waals surface area contributed by atoms with E-state index in [0.29, 0.717) is 0 Å². The molecule has 0 saturated carbocycles. The van der Waals surface area contributed by atoms with Crippen LogP contribution in [0.25, 0.3) is 0 Å². The molecule has 1 heterocycles. The molecule has 14 heavy (non-hydrogen) atoms. The molecule has 1 aliphatic heterocycles. The van der Waals surface area contributed by atoms with Crippen molar-refractivity contribution in [1.82, 2.24) is 10.2 Å². The Hall–Kier alpha value is -0.340. The monoisotopic (exact) mass is 196 g/mol. The first kappa shape index (κ1) is 11.7. The van der Waals surface area contributed by atoms with Crippen molar-refractivity contribution in [2.24, 2.45) is 5.92 Å². The van der Waals surface area contributed by atoms with Gasteiger partial charge in [0.05, 0.1) is 0 Å². The minimum Gasteiger partial charge on any atom is -0.316 e. The van der Waals surface area contributed by atoms with Gasteiger partial charge < -0.3 is 10.2 Å². The smallest absolute Gasteiger partial charge is 0.0162 e. The minimum atomic E-state index is 0.860. The molecule has 0 aromatic rings. The van der Waals surface area contributed by atoms with E-state index in [9.17, 15) is 0 Å². The van der Waals surface area contributed by atoms with Crippen LogP contribution < -0.4 is 5.32 Å². The van der Waals surface area contributed by atoms with Gasteiger partial charge >= 0.3 is 0 Å². The Morgan fingerprint density at radius 1 is 1.50 bits per heavy atom. The third-order valence-corrected chi connectivity index (χ3v) is 2.78. The second kappa shape index (κ2) is 6.20. The topological polar surface area (TPSA) is 15.3 Å². The lowest BCUT2D eigenvalue weighted by atomic mass is 9.99. The van der Waals surface area contributed by atoms with Crippen molar-refractivity contribution in [3.63, 3.8) is 0 Å². The van der Waals surface area contributed by atoms with Crippen LogP contribution in [0.5, 0.6) is 0 Å². The molecule has 0 aliphatic carbocycles.